The molecule has 17 heavy (non-hydrogen) atoms. The van der Waals surface area contributed by atoms with Gasteiger partial charge in [0, 0.05) is 6.54 Å². The van der Waals surface area contributed by atoms with E-state index in [2.05, 4.69) is 5.32 Å². The van der Waals surface area contributed by atoms with Crippen LogP contribution in [0.25, 0.3) is 0 Å². The van der Waals surface area contributed by atoms with E-state index in [1.807, 2.05) is 31.2 Å². The number of benzene rings is 1. The quantitative estimate of drug-likeness (QED) is 0.791. The highest BCUT2D eigenvalue weighted by Gasteiger charge is 2.45. The molecule has 4 nitrogen and oxygen atoms in total. The standard InChI is InChI=1S/C13H16N2O2/c1-9-5-4-6-10(7-9)8-15-12(17)14-11(16)13(15,2)3/h4-7H,8H2,1-3H3,(H,14,16,17). The number of rotatable bonds is 2. The first-order chi connectivity index (χ1) is 7.91. The van der Waals surface area contributed by atoms with Crippen molar-refractivity contribution < 1.29 is 9.59 Å². The fourth-order valence-electron chi connectivity index (χ4n) is 1.96. The third-order valence-electron chi connectivity index (χ3n) is 3.12. The fraction of sp³-hybridized carbons (Fsp3) is 0.385. The Kier molecular flexibility index (Phi) is 2.65. The number of carbonyl (C=O) groups excluding carboxylic acids is 2. The van der Waals surface area contributed by atoms with Crippen molar-refractivity contribution in [3.8, 4) is 0 Å². The van der Waals surface area contributed by atoms with Gasteiger partial charge < -0.3 is 4.90 Å². The Morgan fingerprint density at radius 3 is 2.53 bits per heavy atom. The van der Waals surface area contributed by atoms with Crippen LogP contribution in [0.4, 0.5) is 4.79 Å². The summed E-state index contributed by atoms with van der Waals surface area (Å²) in [5, 5.41) is 2.34. The van der Waals surface area contributed by atoms with Crippen LogP contribution in [0.5, 0.6) is 0 Å². The number of nitrogens with one attached hydrogen (secondary N) is 1. The molecule has 1 fully saturated rings. The van der Waals surface area contributed by atoms with Crippen molar-refractivity contribution in [3.63, 3.8) is 0 Å². The van der Waals surface area contributed by atoms with E-state index in [-0.39, 0.29) is 11.9 Å². The molecule has 0 atom stereocenters. The van der Waals surface area contributed by atoms with Crippen molar-refractivity contribution in [3.05, 3.63) is 35.4 Å². The summed E-state index contributed by atoms with van der Waals surface area (Å²) in [6, 6.07) is 7.62. The minimum atomic E-state index is -0.777. The van der Waals surface area contributed by atoms with Crippen molar-refractivity contribution in [2.75, 3.05) is 0 Å². The summed E-state index contributed by atoms with van der Waals surface area (Å²) >= 11 is 0. The number of hydrogen-bond acceptors (Lipinski definition) is 2. The molecular weight excluding hydrogens is 216 g/mol. The third-order valence-corrected chi connectivity index (χ3v) is 3.12. The van der Waals surface area contributed by atoms with Gasteiger partial charge in [-0.05, 0) is 26.3 Å². The van der Waals surface area contributed by atoms with Crippen LogP contribution in [-0.2, 0) is 11.3 Å². The van der Waals surface area contributed by atoms with E-state index in [0.717, 1.165) is 11.1 Å². The molecule has 4 heteroatoms. The van der Waals surface area contributed by atoms with E-state index < -0.39 is 5.54 Å². The highest BCUT2D eigenvalue weighted by Crippen LogP contribution is 2.23. The van der Waals surface area contributed by atoms with Crippen molar-refractivity contribution in [2.45, 2.75) is 32.9 Å². The Bertz CT molecular complexity index is 480. The van der Waals surface area contributed by atoms with Gasteiger partial charge in [-0.3, -0.25) is 10.1 Å². The Morgan fingerprint density at radius 2 is 2.00 bits per heavy atom. The van der Waals surface area contributed by atoms with Crippen LogP contribution < -0.4 is 5.32 Å². The van der Waals surface area contributed by atoms with Crippen molar-refractivity contribution in [1.82, 2.24) is 10.2 Å². The Balaban J connectivity index is 2.24. The lowest BCUT2D eigenvalue weighted by Crippen LogP contribution is -2.43. The van der Waals surface area contributed by atoms with Gasteiger partial charge in [0.2, 0.25) is 0 Å². The van der Waals surface area contributed by atoms with Crippen LogP contribution >= 0.6 is 0 Å². The van der Waals surface area contributed by atoms with Crippen LogP contribution in [0.1, 0.15) is 25.0 Å². The zero-order valence-electron chi connectivity index (χ0n) is 10.3. The molecule has 1 saturated heterocycles. The number of imide groups is 1. The molecule has 1 heterocycles. The molecule has 1 aliphatic rings. The maximum absolute atomic E-state index is 11.7. The number of hydrogen-bond donors (Lipinski definition) is 1. The highest BCUT2D eigenvalue weighted by molar-refractivity contribution is 6.06. The second-order valence-electron chi connectivity index (χ2n) is 4.89. The first kappa shape index (κ1) is 11.6. The van der Waals surface area contributed by atoms with Gasteiger partial charge in [0.25, 0.3) is 5.91 Å². The Hall–Kier alpha value is -1.84. The lowest BCUT2D eigenvalue weighted by Gasteiger charge is -2.28. The minimum Gasteiger partial charge on any atom is -0.306 e. The fourth-order valence-corrected chi connectivity index (χ4v) is 1.96. The molecule has 1 aromatic rings. The molecule has 2 rings (SSSR count). The monoisotopic (exact) mass is 232 g/mol. The first-order valence-corrected chi connectivity index (χ1v) is 5.60. The second kappa shape index (κ2) is 3.87. The van der Waals surface area contributed by atoms with Gasteiger partial charge in [0.05, 0.1) is 0 Å². The van der Waals surface area contributed by atoms with Crippen molar-refractivity contribution in [2.24, 2.45) is 0 Å². The summed E-state index contributed by atoms with van der Waals surface area (Å²) in [5.74, 6) is -0.241. The summed E-state index contributed by atoms with van der Waals surface area (Å²) < 4.78 is 0. The van der Waals surface area contributed by atoms with Crippen molar-refractivity contribution in [1.29, 1.82) is 0 Å². The predicted octanol–water partition coefficient (Wildman–Crippen LogP) is 1.83. The Morgan fingerprint density at radius 1 is 1.29 bits per heavy atom. The van der Waals surface area contributed by atoms with E-state index in [1.165, 1.54) is 0 Å². The zero-order chi connectivity index (χ0) is 12.6. The summed E-state index contributed by atoms with van der Waals surface area (Å²) in [4.78, 5) is 24.8. The van der Waals surface area contributed by atoms with E-state index >= 15 is 0 Å². The van der Waals surface area contributed by atoms with Crippen LogP contribution in [0.3, 0.4) is 0 Å². The van der Waals surface area contributed by atoms with Crippen LogP contribution in [0.15, 0.2) is 24.3 Å². The zero-order valence-corrected chi connectivity index (χ0v) is 10.3. The average molecular weight is 232 g/mol. The molecule has 1 aromatic carbocycles. The van der Waals surface area contributed by atoms with Gasteiger partial charge >= 0.3 is 6.03 Å². The number of urea groups is 1. The Labute approximate surface area is 101 Å². The smallest absolute Gasteiger partial charge is 0.306 e. The molecule has 0 saturated carbocycles. The van der Waals surface area contributed by atoms with Gasteiger partial charge in [0.15, 0.2) is 0 Å². The molecule has 0 spiro atoms. The number of nitrogens with zero attached hydrogens (tertiary/aromatic N) is 1. The molecule has 0 bridgehead atoms. The van der Waals surface area contributed by atoms with Gasteiger partial charge in [-0.25, -0.2) is 4.79 Å². The number of aryl methyl sites for hydroxylation is 1. The average Bonchev–Trinajstić information content (AvgIpc) is 2.42. The van der Waals surface area contributed by atoms with E-state index in [1.54, 1.807) is 18.7 Å². The molecule has 0 unspecified atom stereocenters. The van der Waals surface area contributed by atoms with Crippen LogP contribution in [0.2, 0.25) is 0 Å². The third kappa shape index (κ3) is 2.02. The molecule has 1 N–H and O–H groups in total. The highest BCUT2D eigenvalue weighted by atomic mass is 16.2. The summed E-state index contributed by atoms with van der Waals surface area (Å²) in [7, 11) is 0. The maximum atomic E-state index is 11.7. The van der Waals surface area contributed by atoms with Gasteiger partial charge in [0.1, 0.15) is 5.54 Å². The lowest BCUT2D eigenvalue weighted by atomic mass is 10.0. The normalized spacial score (nSPS) is 18.4. The number of carbonyl (C=O) groups is 2. The van der Waals surface area contributed by atoms with Crippen LogP contribution in [0, 0.1) is 6.92 Å². The molecular formula is C13H16N2O2. The molecule has 0 aromatic heterocycles. The first-order valence-electron chi connectivity index (χ1n) is 5.60. The maximum Gasteiger partial charge on any atom is 0.325 e. The summed E-state index contributed by atoms with van der Waals surface area (Å²) in [5.41, 5.74) is 1.40. The molecule has 0 aliphatic carbocycles. The molecule has 0 radical (unpaired) electrons. The molecule has 3 amide bonds. The SMILES string of the molecule is Cc1cccc(CN2C(=O)NC(=O)C2(C)C)c1. The minimum absolute atomic E-state index is 0.241. The summed E-state index contributed by atoms with van der Waals surface area (Å²) in [6.07, 6.45) is 0. The second-order valence-corrected chi connectivity index (χ2v) is 4.89. The predicted molar refractivity (Wildman–Crippen MR) is 64.3 cm³/mol. The van der Waals surface area contributed by atoms with Gasteiger partial charge in [-0.1, -0.05) is 29.8 Å². The van der Waals surface area contributed by atoms with Crippen LogP contribution in [-0.4, -0.2) is 22.4 Å². The van der Waals surface area contributed by atoms with E-state index in [9.17, 15) is 9.59 Å². The van der Waals surface area contributed by atoms with Gasteiger partial charge in [-0.2, -0.15) is 0 Å². The largest absolute Gasteiger partial charge is 0.325 e. The molecule has 90 valence electrons. The topological polar surface area (TPSA) is 49.4 Å². The molecule has 1 aliphatic heterocycles. The number of amides is 3. The van der Waals surface area contributed by atoms with Gasteiger partial charge in [-0.15, -0.1) is 0 Å². The van der Waals surface area contributed by atoms with E-state index in [4.69, 9.17) is 0 Å². The van der Waals surface area contributed by atoms with E-state index in [0.29, 0.717) is 6.54 Å². The lowest BCUT2D eigenvalue weighted by molar-refractivity contribution is -0.125. The summed E-state index contributed by atoms with van der Waals surface area (Å²) in [6.45, 7) is 5.96. The van der Waals surface area contributed by atoms with Crippen molar-refractivity contribution >= 4 is 11.9 Å².